The summed E-state index contributed by atoms with van der Waals surface area (Å²) in [5.41, 5.74) is 0. The molecular formula is C20H42O4Si2. The van der Waals surface area contributed by atoms with Gasteiger partial charge in [0.15, 0.2) is 8.32 Å². The smallest absolute Gasteiger partial charge is 0.192 e. The third kappa shape index (κ3) is 10.9. The molecule has 0 aromatic carbocycles. The standard InChI is InChI=1S/C20H42O4Si2/c1-11-12-18(21)15-19(23-16-22-13-14-25(6,7)8)17(2)24-26(9,10)20(3,4)5/h1,17-19,21H,12-16H2,2-10H3/t17-,18+,19-/m1/s1. The van der Waals surface area contributed by atoms with Crippen LogP contribution in [-0.4, -0.2) is 53.2 Å². The summed E-state index contributed by atoms with van der Waals surface area (Å²) in [5.74, 6) is 2.51. The van der Waals surface area contributed by atoms with Crippen LogP contribution in [0.1, 0.15) is 40.5 Å². The molecule has 0 aliphatic heterocycles. The van der Waals surface area contributed by atoms with Gasteiger partial charge in [0.2, 0.25) is 0 Å². The first-order valence-electron chi connectivity index (χ1n) is 9.68. The van der Waals surface area contributed by atoms with Crippen LogP contribution in [0, 0.1) is 12.3 Å². The van der Waals surface area contributed by atoms with Gasteiger partial charge in [-0.1, -0.05) is 40.4 Å². The van der Waals surface area contributed by atoms with E-state index in [0.29, 0.717) is 19.4 Å². The first-order chi connectivity index (χ1) is 11.7. The van der Waals surface area contributed by atoms with Crippen molar-refractivity contribution in [2.75, 3.05) is 13.4 Å². The van der Waals surface area contributed by atoms with Crippen LogP contribution in [0.2, 0.25) is 43.8 Å². The van der Waals surface area contributed by atoms with Gasteiger partial charge in [0, 0.05) is 27.5 Å². The quantitative estimate of drug-likeness (QED) is 0.219. The highest BCUT2D eigenvalue weighted by Crippen LogP contribution is 2.38. The Morgan fingerprint density at radius 2 is 1.69 bits per heavy atom. The Morgan fingerprint density at radius 1 is 1.12 bits per heavy atom. The van der Waals surface area contributed by atoms with Crippen LogP contribution in [-0.2, 0) is 13.9 Å². The van der Waals surface area contributed by atoms with Crippen molar-refractivity contribution in [3.05, 3.63) is 0 Å². The minimum absolute atomic E-state index is 0.121. The summed E-state index contributed by atoms with van der Waals surface area (Å²) in [4.78, 5) is 0. The molecule has 0 bridgehead atoms. The van der Waals surface area contributed by atoms with Gasteiger partial charge in [-0.2, -0.15) is 0 Å². The fourth-order valence-electron chi connectivity index (χ4n) is 2.17. The van der Waals surface area contributed by atoms with Crippen molar-refractivity contribution in [2.45, 2.75) is 103 Å². The fourth-order valence-corrected chi connectivity index (χ4v) is 4.36. The van der Waals surface area contributed by atoms with E-state index in [2.05, 4.69) is 59.4 Å². The molecule has 0 amide bonds. The predicted octanol–water partition coefficient (Wildman–Crippen LogP) is 4.87. The molecule has 0 heterocycles. The van der Waals surface area contributed by atoms with Gasteiger partial charge in [0.25, 0.3) is 0 Å². The molecule has 3 atom stereocenters. The van der Waals surface area contributed by atoms with E-state index >= 15 is 0 Å². The van der Waals surface area contributed by atoms with Crippen LogP contribution in [0.3, 0.4) is 0 Å². The zero-order chi connectivity index (χ0) is 20.6. The van der Waals surface area contributed by atoms with Crippen LogP contribution < -0.4 is 0 Å². The number of hydrogen-bond acceptors (Lipinski definition) is 4. The van der Waals surface area contributed by atoms with Gasteiger partial charge in [-0.15, -0.1) is 12.3 Å². The summed E-state index contributed by atoms with van der Waals surface area (Å²) in [6.07, 6.45) is 5.16. The largest absolute Gasteiger partial charge is 0.412 e. The van der Waals surface area contributed by atoms with Gasteiger partial charge in [-0.05, 0) is 31.1 Å². The summed E-state index contributed by atoms with van der Waals surface area (Å²) in [5, 5.41) is 10.3. The molecule has 0 spiro atoms. The van der Waals surface area contributed by atoms with Crippen LogP contribution in [0.5, 0.6) is 0 Å². The highest BCUT2D eigenvalue weighted by atomic mass is 28.4. The summed E-state index contributed by atoms with van der Waals surface area (Å²) in [6, 6.07) is 1.11. The van der Waals surface area contributed by atoms with E-state index in [1.165, 1.54) is 0 Å². The maximum Gasteiger partial charge on any atom is 0.192 e. The Hall–Kier alpha value is -0.166. The third-order valence-corrected chi connectivity index (χ3v) is 11.3. The van der Waals surface area contributed by atoms with Crippen molar-refractivity contribution in [1.29, 1.82) is 0 Å². The van der Waals surface area contributed by atoms with Crippen LogP contribution in [0.25, 0.3) is 0 Å². The second-order valence-electron chi connectivity index (χ2n) is 9.92. The predicted molar refractivity (Wildman–Crippen MR) is 116 cm³/mol. The molecule has 4 nitrogen and oxygen atoms in total. The Kier molecular flexibility index (Phi) is 10.9. The minimum atomic E-state index is -1.92. The van der Waals surface area contributed by atoms with Crippen LogP contribution in [0.4, 0.5) is 0 Å². The van der Waals surface area contributed by atoms with E-state index in [4.69, 9.17) is 20.3 Å². The molecule has 0 aromatic rings. The maximum absolute atomic E-state index is 10.1. The van der Waals surface area contributed by atoms with E-state index in [1.54, 1.807) is 0 Å². The number of aliphatic hydroxyl groups excluding tert-OH is 1. The first kappa shape index (κ1) is 25.8. The molecule has 0 unspecified atom stereocenters. The van der Waals surface area contributed by atoms with E-state index < -0.39 is 22.5 Å². The molecule has 0 radical (unpaired) electrons. The minimum Gasteiger partial charge on any atom is -0.412 e. The van der Waals surface area contributed by atoms with Crippen molar-refractivity contribution < 1.29 is 19.0 Å². The van der Waals surface area contributed by atoms with Crippen molar-refractivity contribution in [3.8, 4) is 12.3 Å². The zero-order valence-electron chi connectivity index (χ0n) is 18.5. The second-order valence-corrected chi connectivity index (χ2v) is 20.3. The molecule has 6 heteroatoms. The zero-order valence-corrected chi connectivity index (χ0v) is 20.5. The van der Waals surface area contributed by atoms with Gasteiger partial charge < -0.3 is 19.0 Å². The highest BCUT2D eigenvalue weighted by molar-refractivity contribution is 6.76. The van der Waals surface area contributed by atoms with Gasteiger partial charge in [-0.25, -0.2) is 0 Å². The molecule has 0 aromatic heterocycles. The molecule has 0 rings (SSSR count). The van der Waals surface area contributed by atoms with E-state index in [-0.39, 0.29) is 24.0 Å². The average molecular weight is 403 g/mol. The summed E-state index contributed by atoms with van der Waals surface area (Å²) >= 11 is 0. The molecule has 26 heavy (non-hydrogen) atoms. The van der Waals surface area contributed by atoms with E-state index in [0.717, 1.165) is 6.04 Å². The maximum atomic E-state index is 10.1. The molecular weight excluding hydrogens is 360 g/mol. The normalized spacial score (nSPS) is 16.8. The topological polar surface area (TPSA) is 47.9 Å². The molecule has 154 valence electrons. The summed E-state index contributed by atoms with van der Waals surface area (Å²) < 4.78 is 18.1. The SMILES string of the molecule is C#CC[C@H](O)C[C@@H](OCOCC[Si](C)(C)C)[C@@H](C)O[Si](C)(C)C(C)(C)C. The fraction of sp³-hybridized carbons (Fsp3) is 0.900. The molecule has 0 aliphatic rings. The Balaban J connectivity index is 4.76. The first-order valence-corrected chi connectivity index (χ1v) is 16.3. The number of ether oxygens (including phenoxy) is 2. The average Bonchev–Trinajstić information content (AvgIpc) is 2.42. The van der Waals surface area contributed by atoms with Gasteiger partial charge in [0.1, 0.15) is 6.79 Å². The van der Waals surface area contributed by atoms with Crippen molar-refractivity contribution in [2.24, 2.45) is 0 Å². The van der Waals surface area contributed by atoms with Crippen LogP contribution in [0.15, 0.2) is 0 Å². The lowest BCUT2D eigenvalue weighted by molar-refractivity contribution is -0.126. The molecule has 0 saturated heterocycles. The molecule has 0 fully saturated rings. The third-order valence-electron chi connectivity index (χ3n) is 5.03. The van der Waals surface area contributed by atoms with E-state index in [9.17, 15) is 5.11 Å². The molecule has 0 aliphatic carbocycles. The lowest BCUT2D eigenvalue weighted by Crippen LogP contribution is -2.47. The van der Waals surface area contributed by atoms with Gasteiger partial charge >= 0.3 is 0 Å². The monoisotopic (exact) mass is 402 g/mol. The molecule has 0 saturated carbocycles. The van der Waals surface area contributed by atoms with Crippen molar-refractivity contribution in [3.63, 3.8) is 0 Å². The second kappa shape index (κ2) is 11.0. The molecule has 1 N–H and O–H groups in total. The van der Waals surface area contributed by atoms with E-state index in [1.807, 2.05) is 6.92 Å². The Labute approximate surface area is 164 Å². The summed E-state index contributed by atoms with van der Waals surface area (Å²) in [7, 11) is -3.02. The number of rotatable bonds is 12. The highest BCUT2D eigenvalue weighted by Gasteiger charge is 2.40. The number of aliphatic hydroxyl groups is 1. The lowest BCUT2D eigenvalue weighted by Gasteiger charge is -2.40. The van der Waals surface area contributed by atoms with Gasteiger partial charge in [-0.3, -0.25) is 0 Å². The van der Waals surface area contributed by atoms with Gasteiger partial charge in [0.05, 0.1) is 18.3 Å². The number of hydrogen-bond donors (Lipinski definition) is 1. The van der Waals surface area contributed by atoms with Crippen LogP contribution >= 0.6 is 0 Å². The lowest BCUT2D eigenvalue weighted by atomic mass is 10.1. The number of terminal acetylenes is 1. The van der Waals surface area contributed by atoms with Crippen molar-refractivity contribution in [1.82, 2.24) is 0 Å². The van der Waals surface area contributed by atoms with Crippen molar-refractivity contribution >= 4 is 16.4 Å². The Bertz CT molecular complexity index is 433. The summed E-state index contributed by atoms with van der Waals surface area (Å²) in [6.45, 7) is 21.0. The Morgan fingerprint density at radius 3 is 2.15 bits per heavy atom.